The zero-order valence-electron chi connectivity index (χ0n) is 18.6. The van der Waals surface area contributed by atoms with E-state index >= 15 is 0 Å². The molecule has 178 valence electrons. The van der Waals surface area contributed by atoms with E-state index < -0.39 is 46.9 Å². The van der Waals surface area contributed by atoms with Gasteiger partial charge in [0.15, 0.2) is 0 Å². The lowest BCUT2D eigenvalue weighted by Crippen LogP contribution is -2.56. The highest BCUT2D eigenvalue weighted by atomic mass is 35.5. The van der Waals surface area contributed by atoms with Crippen molar-refractivity contribution in [1.82, 2.24) is 4.90 Å². The number of fused-ring (bicyclic) bond motifs is 1. The maximum atomic E-state index is 14.1. The molecule has 1 aromatic rings. The number of aliphatic hydroxyl groups is 1. The third-order valence-corrected chi connectivity index (χ3v) is 7.78. The van der Waals surface area contributed by atoms with Gasteiger partial charge in [-0.25, -0.2) is 0 Å². The molecule has 0 aliphatic carbocycles. The predicted molar refractivity (Wildman–Crippen MR) is 122 cm³/mol. The number of carboxylic acids is 1. The van der Waals surface area contributed by atoms with Crippen molar-refractivity contribution in [2.75, 3.05) is 24.6 Å². The van der Waals surface area contributed by atoms with Gasteiger partial charge in [-0.15, -0.1) is 6.58 Å². The SMILES string of the molecule is C=CCN(C(=O)C1N(CCCO)C(=O)[C@@H]2[C@H](C(=O)O)[C@]3(CC)CCC12O3)c1ccccc1Cl. The summed E-state index contributed by atoms with van der Waals surface area (Å²) >= 11 is 6.40. The molecular weight excluding hydrogens is 448 g/mol. The van der Waals surface area contributed by atoms with Crippen molar-refractivity contribution in [3.63, 3.8) is 0 Å². The Bertz CT molecular complexity index is 985. The number of hydrogen-bond acceptors (Lipinski definition) is 5. The lowest BCUT2D eigenvalue weighted by molar-refractivity contribution is -0.155. The summed E-state index contributed by atoms with van der Waals surface area (Å²) in [5.74, 6) is -3.85. The van der Waals surface area contributed by atoms with Gasteiger partial charge in [-0.2, -0.15) is 0 Å². The van der Waals surface area contributed by atoms with Crippen molar-refractivity contribution in [3.05, 3.63) is 41.9 Å². The van der Waals surface area contributed by atoms with Gasteiger partial charge in [-0.3, -0.25) is 14.4 Å². The monoisotopic (exact) mass is 476 g/mol. The summed E-state index contributed by atoms with van der Waals surface area (Å²) < 4.78 is 6.49. The Balaban J connectivity index is 1.83. The van der Waals surface area contributed by atoms with Crippen LogP contribution in [0, 0.1) is 11.8 Å². The molecule has 0 saturated carbocycles. The number of para-hydroxylation sites is 1. The Morgan fingerprint density at radius 2 is 2.09 bits per heavy atom. The molecule has 2 unspecified atom stereocenters. The highest BCUT2D eigenvalue weighted by Gasteiger charge is 2.79. The molecule has 33 heavy (non-hydrogen) atoms. The number of aliphatic hydroxyl groups excluding tert-OH is 1. The number of ether oxygens (including phenoxy) is 1. The number of anilines is 1. The lowest BCUT2D eigenvalue weighted by Gasteiger charge is -2.37. The number of halogens is 1. The fourth-order valence-corrected chi connectivity index (χ4v) is 6.35. The fourth-order valence-electron chi connectivity index (χ4n) is 6.11. The second-order valence-electron chi connectivity index (χ2n) is 8.97. The van der Waals surface area contributed by atoms with Crippen LogP contribution >= 0.6 is 11.6 Å². The highest BCUT2D eigenvalue weighted by molar-refractivity contribution is 6.34. The summed E-state index contributed by atoms with van der Waals surface area (Å²) in [5, 5.41) is 19.9. The van der Waals surface area contributed by atoms with Crippen molar-refractivity contribution in [2.45, 2.75) is 49.9 Å². The van der Waals surface area contributed by atoms with Crippen LogP contribution in [0.15, 0.2) is 36.9 Å². The molecule has 1 aromatic carbocycles. The zero-order chi connectivity index (χ0) is 24.0. The van der Waals surface area contributed by atoms with Crippen LogP contribution in [-0.4, -0.2) is 69.8 Å². The molecule has 0 radical (unpaired) electrons. The van der Waals surface area contributed by atoms with E-state index in [1.54, 1.807) is 30.3 Å². The smallest absolute Gasteiger partial charge is 0.310 e. The number of benzene rings is 1. The van der Waals surface area contributed by atoms with E-state index in [1.807, 2.05) is 6.92 Å². The first kappa shape index (κ1) is 23.7. The molecule has 5 atom stereocenters. The van der Waals surface area contributed by atoms with E-state index in [1.165, 1.54) is 9.80 Å². The number of aliphatic carboxylic acids is 1. The fraction of sp³-hybridized carbons (Fsp3) is 0.542. The van der Waals surface area contributed by atoms with E-state index in [9.17, 15) is 24.6 Å². The van der Waals surface area contributed by atoms with Crippen LogP contribution in [-0.2, 0) is 19.1 Å². The number of carbonyl (C=O) groups excluding carboxylic acids is 2. The number of hydrogen-bond donors (Lipinski definition) is 2. The maximum absolute atomic E-state index is 14.1. The molecule has 2 amide bonds. The summed E-state index contributed by atoms with van der Waals surface area (Å²) in [6.45, 7) is 5.74. The second-order valence-corrected chi connectivity index (χ2v) is 9.38. The number of carboxylic acid groups (broad SMARTS) is 1. The van der Waals surface area contributed by atoms with Gasteiger partial charge >= 0.3 is 5.97 Å². The van der Waals surface area contributed by atoms with Gasteiger partial charge in [0.1, 0.15) is 17.6 Å². The molecule has 1 spiro atoms. The Hall–Kier alpha value is -2.42. The minimum absolute atomic E-state index is 0.128. The summed E-state index contributed by atoms with van der Waals surface area (Å²) in [5.41, 5.74) is -1.73. The van der Waals surface area contributed by atoms with Gasteiger partial charge in [0.25, 0.3) is 5.91 Å². The van der Waals surface area contributed by atoms with Crippen molar-refractivity contribution < 1.29 is 29.3 Å². The molecule has 9 heteroatoms. The van der Waals surface area contributed by atoms with Crippen LogP contribution in [0.25, 0.3) is 0 Å². The number of nitrogens with zero attached hydrogens (tertiary/aromatic N) is 2. The summed E-state index contributed by atoms with van der Waals surface area (Å²) in [6, 6.07) is 5.89. The molecule has 3 aliphatic heterocycles. The average molecular weight is 477 g/mol. The predicted octanol–water partition coefficient (Wildman–Crippen LogP) is 2.48. The second kappa shape index (κ2) is 8.74. The number of likely N-dealkylation sites (tertiary alicyclic amines) is 1. The number of rotatable bonds is 9. The van der Waals surface area contributed by atoms with E-state index in [-0.39, 0.29) is 26.1 Å². The third kappa shape index (κ3) is 3.38. The Morgan fingerprint density at radius 1 is 1.36 bits per heavy atom. The Kier molecular flexibility index (Phi) is 6.28. The van der Waals surface area contributed by atoms with E-state index in [2.05, 4.69) is 6.58 Å². The molecule has 0 aromatic heterocycles. The van der Waals surface area contributed by atoms with Crippen LogP contribution in [0.5, 0.6) is 0 Å². The van der Waals surface area contributed by atoms with Crippen LogP contribution < -0.4 is 4.90 Å². The minimum atomic E-state index is -1.23. The zero-order valence-corrected chi connectivity index (χ0v) is 19.3. The van der Waals surface area contributed by atoms with Crippen molar-refractivity contribution in [3.8, 4) is 0 Å². The largest absolute Gasteiger partial charge is 0.481 e. The summed E-state index contributed by atoms with van der Waals surface area (Å²) in [4.78, 5) is 43.0. The lowest BCUT2D eigenvalue weighted by atomic mass is 9.65. The first-order valence-corrected chi connectivity index (χ1v) is 11.7. The number of carbonyl (C=O) groups is 3. The van der Waals surface area contributed by atoms with Gasteiger partial charge < -0.3 is 24.7 Å². The van der Waals surface area contributed by atoms with Gasteiger partial charge in [0, 0.05) is 19.7 Å². The molecule has 3 fully saturated rings. The molecule has 3 saturated heterocycles. The van der Waals surface area contributed by atoms with Crippen LogP contribution in [0.1, 0.15) is 32.6 Å². The van der Waals surface area contributed by atoms with E-state index in [4.69, 9.17) is 16.3 Å². The van der Waals surface area contributed by atoms with Gasteiger partial charge in [-0.05, 0) is 37.8 Å². The topological polar surface area (TPSA) is 107 Å². The van der Waals surface area contributed by atoms with Gasteiger partial charge in [0.05, 0.1) is 22.2 Å². The summed E-state index contributed by atoms with van der Waals surface area (Å²) in [6.07, 6.45) is 3.16. The first-order valence-electron chi connectivity index (χ1n) is 11.3. The first-order chi connectivity index (χ1) is 15.8. The van der Waals surface area contributed by atoms with E-state index in [0.717, 1.165) is 0 Å². The van der Waals surface area contributed by atoms with Crippen LogP contribution in [0.3, 0.4) is 0 Å². The average Bonchev–Trinajstić information content (AvgIpc) is 3.40. The Morgan fingerprint density at radius 3 is 2.70 bits per heavy atom. The quantitative estimate of drug-likeness (QED) is 0.530. The van der Waals surface area contributed by atoms with E-state index in [0.29, 0.717) is 30.0 Å². The normalized spacial score (nSPS) is 32.2. The molecule has 3 aliphatic rings. The molecule has 2 bridgehead atoms. The minimum Gasteiger partial charge on any atom is -0.481 e. The van der Waals surface area contributed by atoms with Gasteiger partial charge in [0.2, 0.25) is 5.91 Å². The molecule has 3 heterocycles. The Labute approximate surface area is 197 Å². The highest BCUT2D eigenvalue weighted by Crippen LogP contribution is 2.64. The van der Waals surface area contributed by atoms with Crippen molar-refractivity contribution in [1.29, 1.82) is 0 Å². The maximum Gasteiger partial charge on any atom is 0.310 e. The standard InChI is InChI=1S/C24H29ClN2O6/c1-3-12-26(16-9-6-5-8-15(16)25)21(30)19-24-11-10-23(4-2,33-24)18(22(31)32)17(24)20(29)27(19)13-7-14-28/h3,5-6,8-9,17-19,28H,1,4,7,10-14H2,2H3,(H,31,32)/t17-,18+,19?,23-,24?/m0/s1. The summed E-state index contributed by atoms with van der Waals surface area (Å²) in [7, 11) is 0. The molecule has 4 rings (SSSR count). The third-order valence-electron chi connectivity index (χ3n) is 7.46. The van der Waals surface area contributed by atoms with Crippen LogP contribution in [0.2, 0.25) is 5.02 Å². The van der Waals surface area contributed by atoms with Gasteiger partial charge in [-0.1, -0.05) is 36.7 Å². The molecule has 2 N–H and O–H groups in total. The van der Waals surface area contributed by atoms with Crippen molar-refractivity contribution >= 4 is 35.1 Å². The molecular formula is C24H29ClN2O6. The van der Waals surface area contributed by atoms with Crippen molar-refractivity contribution in [2.24, 2.45) is 11.8 Å². The van der Waals surface area contributed by atoms with Crippen LogP contribution in [0.4, 0.5) is 5.69 Å². The molecule has 8 nitrogen and oxygen atoms in total. The number of amides is 2.